The number of nitrogens with zero attached hydrogens (tertiary/aromatic N) is 1. The molecule has 17 heavy (non-hydrogen) atoms. The molecule has 0 aromatic carbocycles. The van der Waals surface area contributed by atoms with Crippen molar-refractivity contribution in [2.45, 2.75) is 39.3 Å². The summed E-state index contributed by atoms with van der Waals surface area (Å²) in [6.45, 7) is 7.02. The van der Waals surface area contributed by atoms with Crippen LogP contribution in [0.3, 0.4) is 0 Å². The average Bonchev–Trinajstić information content (AvgIpc) is 2.58. The molecule has 1 amide bonds. The molecule has 0 fully saturated rings. The molecule has 1 heterocycles. The first-order valence-electron chi connectivity index (χ1n) is 5.34. The first-order valence-corrected chi connectivity index (χ1v) is 6.22. The zero-order chi connectivity index (χ0) is 13.1. The number of hydrogen-bond acceptors (Lipinski definition) is 5. The summed E-state index contributed by atoms with van der Waals surface area (Å²) in [4.78, 5) is 15.8. The number of carbonyl (C=O) groups is 1. The summed E-state index contributed by atoms with van der Waals surface area (Å²) < 4.78 is 5.11. The molecule has 0 aliphatic carbocycles. The predicted octanol–water partition coefficient (Wildman–Crippen LogP) is 2.01. The summed E-state index contributed by atoms with van der Waals surface area (Å²) in [6.07, 6.45) is -0.554. The number of carbonyl (C=O) groups excluding carboxylic acids is 1. The second-order valence-electron chi connectivity index (χ2n) is 4.67. The zero-order valence-electron chi connectivity index (χ0n) is 10.5. The van der Waals surface area contributed by atoms with Gasteiger partial charge in [0.25, 0.3) is 0 Å². The molecular weight excluding hydrogens is 240 g/mol. The van der Waals surface area contributed by atoms with Crippen LogP contribution in [0.25, 0.3) is 0 Å². The standard InChI is InChI=1S/C11H18N2O3S/c1-7-12-9(6-17-7)8(5-14)13-10(15)16-11(2,3)4/h6,8,14H,5H2,1-4H3,(H,13,15)/t8-/m1/s1. The Labute approximate surface area is 105 Å². The van der Waals surface area contributed by atoms with Crippen molar-refractivity contribution in [2.75, 3.05) is 6.61 Å². The van der Waals surface area contributed by atoms with Crippen LogP contribution >= 0.6 is 11.3 Å². The van der Waals surface area contributed by atoms with Crippen molar-refractivity contribution in [3.8, 4) is 0 Å². The fourth-order valence-corrected chi connectivity index (χ4v) is 1.87. The van der Waals surface area contributed by atoms with Crippen molar-refractivity contribution in [1.82, 2.24) is 10.3 Å². The highest BCUT2D eigenvalue weighted by Gasteiger charge is 2.21. The van der Waals surface area contributed by atoms with Crippen LogP contribution in [-0.4, -0.2) is 28.4 Å². The van der Waals surface area contributed by atoms with Crippen LogP contribution < -0.4 is 5.32 Å². The Morgan fingerprint density at radius 2 is 2.29 bits per heavy atom. The first kappa shape index (κ1) is 13.9. The number of aromatic nitrogens is 1. The molecule has 96 valence electrons. The van der Waals surface area contributed by atoms with E-state index in [0.29, 0.717) is 5.69 Å². The molecule has 0 radical (unpaired) electrons. The number of amides is 1. The van der Waals surface area contributed by atoms with Crippen LogP contribution in [-0.2, 0) is 4.74 Å². The van der Waals surface area contributed by atoms with Gasteiger partial charge in [-0.2, -0.15) is 0 Å². The Kier molecular flexibility index (Phi) is 4.47. The van der Waals surface area contributed by atoms with Gasteiger partial charge < -0.3 is 15.2 Å². The maximum absolute atomic E-state index is 11.5. The van der Waals surface area contributed by atoms with Gasteiger partial charge >= 0.3 is 6.09 Å². The maximum Gasteiger partial charge on any atom is 0.408 e. The van der Waals surface area contributed by atoms with Crippen LogP contribution in [0.5, 0.6) is 0 Å². The van der Waals surface area contributed by atoms with Gasteiger partial charge in [-0.1, -0.05) is 0 Å². The lowest BCUT2D eigenvalue weighted by Crippen LogP contribution is -2.36. The molecule has 1 rings (SSSR count). The SMILES string of the molecule is Cc1nc([C@@H](CO)NC(=O)OC(C)(C)C)cs1. The predicted molar refractivity (Wildman–Crippen MR) is 66.0 cm³/mol. The van der Waals surface area contributed by atoms with Gasteiger partial charge in [0.15, 0.2) is 0 Å². The van der Waals surface area contributed by atoms with Crippen LogP contribution in [0.4, 0.5) is 4.79 Å². The van der Waals surface area contributed by atoms with Crippen molar-refractivity contribution in [3.63, 3.8) is 0 Å². The Hall–Kier alpha value is -1.14. The monoisotopic (exact) mass is 258 g/mol. The summed E-state index contributed by atoms with van der Waals surface area (Å²) in [5.74, 6) is 0. The summed E-state index contributed by atoms with van der Waals surface area (Å²) >= 11 is 1.47. The zero-order valence-corrected chi connectivity index (χ0v) is 11.3. The Bertz CT molecular complexity index is 384. The fraction of sp³-hybridized carbons (Fsp3) is 0.636. The molecule has 1 atom stereocenters. The molecular formula is C11H18N2O3S. The van der Waals surface area contributed by atoms with E-state index in [1.165, 1.54) is 11.3 Å². The third kappa shape index (κ3) is 4.70. The third-order valence-electron chi connectivity index (χ3n) is 1.87. The number of hydrogen-bond donors (Lipinski definition) is 2. The van der Waals surface area contributed by atoms with E-state index in [9.17, 15) is 9.90 Å². The number of aliphatic hydroxyl groups excluding tert-OH is 1. The Balaban J connectivity index is 2.62. The van der Waals surface area contributed by atoms with Crippen LogP contribution in [0.15, 0.2) is 5.38 Å². The van der Waals surface area contributed by atoms with Gasteiger partial charge in [0.05, 0.1) is 23.4 Å². The summed E-state index contributed by atoms with van der Waals surface area (Å²) in [6, 6.07) is -0.519. The number of rotatable bonds is 3. The van der Waals surface area contributed by atoms with E-state index in [-0.39, 0.29) is 6.61 Å². The van der Waals surface area contributed by atoms with E-state index in [4.69, 9.17) is 4.74 Å². The van der Waals surface area contributed by atoms with Crippen molar-refractivity contribution in [2.24, 2.45) is 0 Å². The van der Waals surface area contributed by atoms with Crippen molar-refractivity contribution >= 4 is 17.4 Å². The average molecular weight is 258 g/mol. The number of thiazole rings is 1. The molecule has 1 aromatic heterocycles. The molecule has 0 saturated heterocycles. The first-order chi connectivity index (χ1) is 7.81. The second-order valence-corrected chi connectivity index (χ2v) is 5.74. The molecule has 0 saturated carbocycles. The highest BCUT2D eigenvalue weighted by Crippen LogP contribution is 2.16. The quantitative estimate of drug-likeness (QED) is 0.870. The smallest absolute Gasteiger partial charge is 0.408 e. The lowest BCUT2D eigenvalue weighted by Gasteiger charge is -2.22. The molecule has 1 aromatic rings. The van der Waals surface area contributed by atoms with Gasteiger partial charge in [-0.05, 0) is 27.7 Å². The lowest BCUT2D eigenvalue weighted by molar-refractivity contribution is 0.0480. The number of alkyl carbamates (subject to hydrolysis) is 1. The van der Waals surface area contributed by atoms with Crippen molar-refractivity contribution in [1.29, 1.82) is 0 Å². The molecule has 0 bridgehead atoms. The number of ether oxygens (including phenoxy) is 1. The molecule has 6 heteroatoms. The molecule has 0 unspecified atom stereocenters. The summed E-state index contributed by atoms with van der Waals surface area (Å²) in [5, 5.41) is 14.5. The minimum Gasteiger partial charge on any atom is -0.444 e. The van der Waals surface area contributed by atoms with E-state index < -0.39 is 17.7 Å². The topological polar surface area (TPSA) is 71.5 Å². The fourth-order valence-electron chi connectivity index (χ4n) is 1.20. The minimum atomic E-state index is -0.554. The van der Waals surface area contributed by atoms with Crippen molar-refractivity contribution in [3.05, 3.63) is 16.1 Å². The third-order valence-corrected chi connectivity index (χ3v) is 2.66. The molecule has 0 aliphatic heterocycles. The van der Waals surface area contributed by atoms with Crippen LogP contribution in [0.1, 0.15) is 37.5 Å². The van der Waals surface area contributed by atoms with Gasteiger partial charge in [-0.15, -0.1) is 11.3 Å². The van der Waals surface area contributed by atoms with Crippen LogP contribution in [0, 0.1) is 6.92 Å². The largest absolute Gasteiger partial charge is 0.444 e. The molecule has 5 nitrogen and oxygen atoms in total. The van der Waals surface area contributed by atoms with E-state index in [2.05, 4.69) is 10.3 Å². The van der Waals surface area contributed by atoms with Gasteiger partial charge in [0, 0.05) is 5.38 Å². The number of aryl methyl sites for hydroxylation is 1. The second kappa shape index (κ2) is 5.46. The maximum atomic E-state index is 11.5. The molecule has 0 spiro atoms. The Morgan fingerprint density at radius 3 is 2.71 bits per heavy atom. The highest BCUT2D eigenvalue weighted by molar-refractivity contribution is 7.09. The van der Waals surface area contributed by atoms with Gasteiger partial charge in [0.2, 0.25) is 0 Å². The highest BCUT2D eigenvalue weighted by atomic mass is 32.1. The van der Waals surface area contributed by atoms with E-state index >= 15 is 0 Å². The van der Waals surface area contributed by atoms with Crippen molar-refractivity contribution < 1.29 is 14.6 Å². The van der Waals surface area contributed by atoms with Gasteiger partial charge in [0.1, 0.15) is 5.60 Å². The summed E-state index contributed by atoms with van der Waals surface area (Å²) in [5.41, 5.74) is 0.100. The lowest BCUT2D eigenvalue weighted by atomic mass is 10.2. The van der Waals surface area contributed by atoms with Gasteiger partial charge in [-0.25, -0.2) is 9.78 Å². The van der Waals surface area contributed by atoms with E-state index in [0.717, 1.165) is 5.01 Å². The number of aliphatic hydroxyl groups is 1. The summed E-state index contributed by atoms with van der Waals surface area (Å²) in [7, 11) is 0. The molecule has 2 N–H and O–H groups in total. The minimum absolute atomic E-state index is 0.206. The Morgan fingerprint density at radius 1 is 1.65 bits per heavy atom. The van der Waals surface area contributed by atoms with Gasteiger partial charge in [-0.3, -0.25) is 0 Å². The van der Waals surface area contributed by atoms with Crippen LogP contribution in [0.2, 0.25) is 0 Å². The van der Waals surface area contributed by atoms with E-state index in [1.807, 2.05) is 12.3 Å². The van der Waals surface area contributed by atoms with E-state index in [1.54, 1.807) is 20.8 Å². The number of nitrogens with one attached hydrogen (secondary N) is 1. The molecule has 0 aliphatic rings. The normalized spacial score (nSPS) is 13.2.